The summed E-state index contributed by atoms with van der Waals surface area (Å²) < 4.78 is 2.03. The molecule has 1 heterocycles. The standard InChI is InChI=1S/C8H11NO.BrH.H2O/c1-6-4-8(10)5-7(2)9(6)3;;/h4-5H,1-3H3;1H;1H2. The minimum atomic E-state index is 0. The Bertz CT molecular complexity index is 240. The molecule has 0 aliphatic carbocycles. The van der Waals surface area contributed by atoms with E-state index in [-0.39, 0.29) is 22.5 Å². The van der Waals surface area contributed by atoms with Crippen LogP contribution < -0.4 is 21.5 Å². The molecule has 1 aromatic rings. The van der Waals surface area contributed by atoms with E-state index < -0.39 is 0 Å². The quantitative estimate of drug-likeness (QED) is 0.480. The van der Waals surface area contributed by atoms with E-state index in [1.165, 1.54) is 0 Å². The van der Waals surface area contributed by atoms with Gasteiger partial charge in [0.05, 0.1) is 0 Å². The number of hydrogen-bond donors (Lipinski definition) is 1. The monoisotopic (exact) mass is 235 g/mol. The van der Waals surface area contributed by atoms with Crippen LogP contribution in [0.4, 0.5) is 0 Å². The Morgan fingerprint density at radius 2 is 1.50 bits per heavy atom. The van der Waals surface area contributed by atoms with E-state index in [1.54, 1.807) is 12.1 Å². The number of rotatable bonds is 0. The third-order valence-corrected chi connectivity index (χ3v) is 1.77. The summed E-state index contributed by atoms with van der Waals surface area (Å²) in [6.07, 6.45) is 0. The van der Waals surface area contributed by atoms with Gasteiger partial charge in [-0.1, -0.05) is 0 Å². The van der Waals surface area contributed by atoms with E-state index in [9.17, 15) is 0 Å². The van der Waals surface area contributed by atoms with E-state index in [1.807, 2.05) is 25.5 Å². The van der Waals surface area contributed by atoms with Gasteiger partial charge in [-0.05, 0) is 0 Å². The zero-order valence-corrected chi connectivity index (χ0v) is 9.01. The van der Waals surface area contributed by atoms with Crippen LogP contribution in [0.1, 0.15) is 11.4 Å². The third-order valence-electron chi connectivity index (χ3n) is 1.77. The molecule has 1 aromatic heterocycles. The van der Waals surface area contributed by atoms with Crippen molar-refractivity contribution in [2.24, 2.45) is 7.05 Å². The maximum atomic E-state index is 9.10. The highest BCUT2D eigenvalue weighted by Gasteiger charge is 2.05. The minimum Gasteiger partial charge on any atom is -1.00 e. The molecule has 0 saturated heterocycles. The van der Waals surface area contributed by atoms with Gasteiger partial charge in [-0.25, -0.2) is 4.57 Å². The predicted molar refractivity (Wildman–Crippen MR) is 42.4 cm³/mol. The summed E-state index contributed by atoms with van der Waals surface area (Å²) in [4.78, 5) is 0. The molecule has 12 heavy (non-hydrogen) atoms. The van der Waals surface area contributed by atoms with Gasteiger partial charge < -0.3 is 27.6 Å². The smallest absolute Gasteiger partial charge is 0.181 e. The van der Waals surface area contributed by atoms with Gasteiger partial charge in [-0.15, -0.1) is 0 Å². The first-order valence-electron chi connectivity index (χ1n) is 3.27. The summed E-state index contributed by atoms with van der Waals surface area (Å²) in [5, 5.41) is 9.10. The van der Waals surface area contributed by atoms with Gasteiger partial charge in [0, 0.05) is 26.0 Å². The normalized spacial score (nSPS) is 8.25. The van der Waals surface area contributed by atoms with Crippen molar-refractivity contribution < 1.29 is 32.1 Å². The molecule has 0 amide bonds. The topological polar surface area (TPSA) is 55.6 Å². The Balaban J connectivity index is 0. The Morgan fingerprint density at radius 3 is 1.83 bits per heavy atom. The summed E-state index contributed by atoms with van der Waals surface area (Å²) in [7, 11) is 1.98. The molecule has 0 aliphatic rings. The molecular formula is C8H14BrNO2. The molecule has 0 aromatic carbocycles. The summed E-state index contributed by atoms with van der Waals surface area (Å²) in [5.41, 5.74) is 2.13. The van der Waals surface area contributed by atoms with Gasteiger partial charge >= 0.3 is 0 Å². The Morgan fingerprint density at radius 1 is 1.17 bits per heavy atom. The first kappa shape index (κ1) is 13.9. The van der Waals surface area contributed by atoms with E-state index in [0.717, 1.165) is 11.4 Å². The predicted octanol–water partition coefficient (Wildman–Crippen LogP) is -2.99. The minimum absolute atomic E-state index is 0. The lowest BCUT2D eigenvalue weighted by molar-refractivity contribution is -0.683. The second kappa shape index (κ2) is 5.11. The summed E-state index contributed by atoms with van der Waals surface area (Å²) in [6, 6.07) is 3.49. The Hall–Kier alpha value is -0.610. The van der Waals surface area contributed by atoms with Crippen LogP contribution in [0.5, 0.6) is 5.75 Å². The van der Waals surface area contributed by atoms with E-state index in [2.05, 4.69) is 0 Å². The number of pyridine rings is 1. The summed E-state index contributed by atoms with van der Waals surface area (Å²) in [6.45, 7) is 3.93. The van der Waals surface area contributed by atoms with Crippen LogP contribution in [-0.4, -0.2) is 10.6 Å². The van der Waals surface area contributed by atoms with Gasteiger partial charge in [0.1, 0.15) is 12.8 Å². The molecule has 0 spiro atoms. The van der Waals surface area contributed by atoms with Gasteiger partial charge in [-0.2, -0.15) is 0 Å². The number of halogens is 1. The molecule has 3 nitrogen and oxygen atoms in total. The Labute approximate surface area is 82.7 Å². The molecule has 0 radical (unpaired) electrons. The van der Waals surface area contributed by atoms with Gasteiger partial charge in [0.25, 0.3) is 0 Å². The molecular weight excluding hydrogens is 222 g/mol. The molecule has 3 N–H and O–H groups in total. The van der Waals surface area contributed by atoms with E-state index in [0.29, 0.717) is 5.75 Å². The second-order valence-electron chi connectivity index (χ2n) is 2.56. The Kier molecular flexibility index (Phi) is 5.94. The first-order chi connectivity index (χ1) is 4.61. The molecule has 70 valence electrons. The molecule has 4 heteroatoms. The van der Waals surface area contributed by atoms with Crippen molar-refractivity contribution in [3.05, 3.63) is 23.5 Å². The maximum absolute atomic E-state index is 9.10. The summed E-state index contributed by atoms with van der Waals surface area (Å²) >= 11 is 0. The van der Waals surface area contributed by atoms with Crippen molar-refractivity contribution in [1.29, 1.82) is 0 Å². The molecule has 0 bridgehead atoms. The fourth-order valence-corrected chi connectivity index (χ4v) is 0.942. The summed E-state index contributed by atoms with van der Waals surface area (Å²) in [5.74, 6) is 0.341. The van der Waals surface area contributed by atoms with Crippen LogP contribution in [0, 0.1) is 13.8 Å². The van der Waals surface area contributed by atoms with Crippen LogP contribution in [-0.2, 0) is 7.05 Å². The highest BCUT2D eigenvalue weighted by atomic mass is 79.9. The van der Waals surface area contributed by atoms with Crippen molar-refractivity contribution in [3.63, 3.8) is 0 Å². The van der Waals surface area contributed by atoms with Crippen LogP contribution in [0.15, 0.2) is 12.1 Å². The highest BCUT2D eigenvalue weighted by Crippen LogP contribution is 2.08. The largest absolute Gasteiger partial charge is 1.00 e. The third kappa shape index (κ3) is 2.79. The molecule has 0 atom stereocenters. The van der Waals surface area contributed by atoms with E-state index >= 15 is 0 Å². The first-order valence-corrected chi connectivity index (χ1v) is 3.27. The number of nitrogens with zero attached hydrogens (tertiary/aromatic N) is 1. The van der Waals surface area contributed by atoms with Gasteiger partial charge in [-0.3, -0.25) is 0 Å². The zero-order valence-electron chi connectivity index (χ0n) is 7.43. The number of aromatic hydroxyl groups is 1. The average molecular weight is 236 g/mol. The van der Waals surface area contributed by atoms with Crippen LogP contribution in [0.2, 0.25) is 0 Å². The maximum Gasteiger partial charge on any atom is 0.181 e. The number of hydrogen-bond acceptors (Lipinski definition) is 1. The lowest BCUT2D eigenvalue weighted by atomic mass is 10.3. The molecule has 0 fully saturated rings. The van der Waals surface area contributed by atoms with Gasteiger partial charge in [0.2, 0.25) is 0 Å². The number of aromatic nitrogens is 1. The lowest BCUT2D eigenvalue weighted by Crippen LogP contribution is -3.00. The van der Waals surface area contributed by atoms with Crippen LogP contribution >= 0.6 is 0 Å². The molecule has 1 rings (SSSR count). The average Bonchev–Trinajstić information content (AvgIpc) is 1.82. The lowest BCUT2D eigenvalue weighted by Gasteiger charge is -1.97. The van der Waals surface area contributed by atoms with Crippen molar-refractivity contribution in [1.82, 2.24) is 0 Å². The fourth-order valence-electron chi connectivity index (χ4n) is 0.942. The van der Waals surface area contributed by atoms with E-state index in [4.69, 9.17) is 5.11 Å². The highest BCUT2D eigenvalue weighted by molar-refractivity contribution is 5.20. The van der Waals surface area contributed by atoms with Crippen LogP contribution in [0.3, 0.4) is 0 Å². The second-order valence-corrected chi connectivity index (χ2v) is 2.56. The van der Waals surface area contributed by atoms with Crippen molar-refractivity contribution in [3.8, 4) is 5.75 Å². The number of aryl methyl sites for hydroxylation is 2. The van der Waals surface area contributed by atoms with Crippen molar-refractivity contribution in [2.45, 2.75) is 13.8 Å². The SMILES string of the molecule is Cc1cc(O)cc(C)[n+]1C.O.[Br-]. The fraction of sp³-hybridized carbons (Fsp3) is 0.375. The van der Waals surface area contributed by atoms with Crippen molar-refractivity contribution >= 4 is 0 Å². The molecule has 0 unspecified atom stereocenters. The van der Waals surface area contributed by atoms with Crippen molar-refractivity contribution in [2.75, 3.05) is 0 Å². The van der Waals surface area contributed by atoms with Gasteiger partial charge in [0.15, 0.2) is 11.4 Å². The molecule has 0 aliphatic heterocycles. The zero-order chi connectivity index (χ0) is 7.72. The van der Waals surface area contributed by atoms with Crippen LogP contribution in [0.25, 0.3) is 0 Å². The molecule has 0 saturated carbocycles.